The number of hydrogen-bond donors (Lipinski definition) is 2. The molecule has 0 saturated carbocycles. The van der Waals surface area contributed by atoms with Crippen molar-refractivity contribution in [2.75, 3.05) is 0 Å². The van der Waals surface area contributed by atoms with Crippen LogP contribution in [-0.4, -0.2) is 22.2 Å². The Morgan fingerprint density at radius 3 is 2.27 bits per heavy atom. The lowest BCUT2D eigenvalue weighted by atomic mass is 9.82. The normalized spacial score (nSPS) is 13.7. The highest BCUT2D eigenvalue weighted by Gasteiger charge is 2.40. The number of carbonyl (C=O) groups excluding carboxylic acids is 1. The molecule has 1 heterocycles. The van der Waals surface area contributed by atoms with E-state index in [4.69, 9.17) is 5.73 Å². The average Bonchev–Trinajstić information content (AvgIpc) is 2.72. The lowest BCUT2D eigenvalue weighted by molar-refractivity contribution is -0.206. The molecule has 1 aromatic heterocycles. The Balaban J connectivity index is 2.30. The maximum atomic E-state index is 13.2. The van der Waals surface area contributed by atoms with E-state index in [0.29, 0.717) is 16.7 Å². The number of pyridine rings is 1. The Morgan fingerprint density at radius 1 is 1.07 bits per heavy atom. The molecule has 4 nitrogen and oxygen atoms in total. The Hall–Kier alpha value is -3.19. The first kappa shape index (κ1) is 21.5. The minimum Gasteiger partial charge on any atom is -0.379 e. The molecule has 2 aromatic carbocycles. The number of nitrogens with two attached hydrogens (primary N) is 1. The van der Waals surface area contributed by atoms with Crippen LogP contribution in [0.4, 0.5) is 13.2 Å². The molecule has 1 unspecified atom stereocenters. The zero-order valence-corrected chi connectivity index (χ0v) is 16.4. The number of carbonyl (C=O) groups is 1. The highest BCUT2D eigenvalue weighted by atomic mass is 19.4. The number of aliphatic hydroxyl groups excluding tert-OH is 1. The third kappa shape index (κ3) is 4.36. The summed E-state index contributed by atoms with van der Waals surface area (Å²) in [7, 11) is 0. The summed E-state index contributed by atoms with van der Waals surface area (Å²) in [5.41, 5.74) is 8.15. The molecule has 0 aliphatic rings. The number of primary amides is 1. The van der Waals surface area contributed by atoms with E-state index in [1.165, 1.54) is 6.07 Å². The molecule has 0 saturated heterocycles. The molecule has 0 aliphatic heterocycles. The van der Waals surface area contributed by atoms with Gasteiger partial charge in [0.05, 0.1) is 0 Å². The van der Waals surface area contributed by atoms with Gasteiger partial charge in [-0.3, -0.25) is 9.78 Å². The summed E-state index contributed by atoms with van der Waals surface area (Å²) in [6, 6.07) is 14.7. The van der Waals surface area contributed by atoms with E-state index in [1.807, 2.05) is 26.0 Å². The maximum Gasteiger partial charge on any atom is 0.418 e. The van der Waals surface area contributed by atoms with Crippen LogP contribution in [0.2, 0.25) is 0 Å². The molecular weight excluding hydrogens is 393 g/mol. The zero-order chi connectivity index (χ0) is 22.1. The van der Waals surface area contributed by atoms with Crippen molar-refractivity contribution in [1.29, 1.82) is 0 Å². The van der Waals surface area contributed by atoms with E-state index in [0.717, 1.165) is 17.3 Å². The van der Waals surface area contributed by atoms with Crippen LogP contribution in [0.15, 0.2) is 60.8 Å². The fourth-order valence-corrected chi connectivity index (χ4v) is 3.45. The van der Waals surface area contributed by atoms with Crippen LogP contribution in [0.3, 0.4) is 0 Å². The van der Waals surface area contributed by atoms with Gasteiger partial charge in [0, 0.05) is 23.4 Å². The van der Waals surface area contributed by atoms with E-state index in [-0.39, 0.29) is 11.5 Å². The summed E-state index contributed by atoms with van der Waals surface area (Å²) in [6.45, 7) is 3.67. The Labute approximate surface area is 172 Å². The number of alkyl halides is 3. The van der Waals surface area contributed by atoms with Gasteiger partial charge in [-0.05, 0) is 52.9 Å². The fraction of sp³-hybridized carbons (Fsp3) is 0.217. The third-order valence-electron chi connectivity index (χ3n) is 5.05. The van der Waals surface area contributed by atoms with Gasteiger partial charge in [0.1, 0.15) is 0 Å². The van der Waals surface area contributed by atoms with Crippen LogP contribution in [0.1, 0.15) is 51.7 Å². The first-order valence-electron chi connectivity index (χ1n) is 9.30. The van der Waals surface area contributed by atoms with Gasteiger partial charge < -0.3 is 10.8 Å². The highest BCUT2D eigenvalue weighted by molar-refractivity contribution is 5.97. The first-order valence-corrected chi connectivity index (χ1v) is 9.30. The van der Waals surface area contributed by atoms with Gasteiger partial charge in [0.15, 0.2) is 6.10 Å². The summed E-state index contributed by atoms with van der Waals surface area (Å²) in [4.78, 5) is 16.5. The molecule has 3 aromatic rings. The van der Waals surface area contributed by atoms with Gasteiger partial charge in [-0.2, -0.15) is 13.2 Å². The van der Waals surface area contributed by atoms with Crippen molar-refractivity contribution < 1.29 is 23.1 Å². The maximum absolute atomic E-state index is 13.2. The third-order valence-corrected chi connectivity index (χ3v) is 5.05. The molecule has 3 N–H and O–H groups in total. The molecule has 1 amide bonds. The predicted octanol–water partition coefficient (Wildman–Crippen LogP) is 4.90. The molecular formula is C23H21F3N2O2. The summed E-state index contributed by atoms with van der Waals surface area (Å²) in [5.74, 6) is -1.25. The summed E-state index contributed by atoms with van der Waals surface area (Å²) >= 11 is 0. The molecule has 30 heavy (non-hydrogen) atoms. The molecule has 0 radical (unpaired) electrons. The van der Waals surface area contributed by atoms with Crippen molar-refractivity contribution in [3.05, 3.63) is 88.7 Å². The standard InChI is InChI=1S/C23H21F3N2O2/c1-13-8-9-16(12-28-13)14(2)20-18(15-6-4-3-5-7-15)10-17(11-19(20)22(27)30)21(29)23(24,25)26/h3-12,14,21,29H,1-2H3,(H2,27,30)/t14-,21?/m0/s1. The van der Waals surface area contributed by atoms with Crippen LogP contribution >= 0.6 is 0 Å². The number of aromatic nitrogens is 1. The van der Waals surface area contributed by atoms with Crippen LogP contribution in [0, 0.1) is 6.92 Å². The van der Waals surface area contributed by atoms with Gasteiger partial charge in [-0.15, -0.1) is 0 Å². The largest absolute Gasteiger partial charge is 0.418 e. The predicted molar refractivity (Wildman–Crippen MR) is 108 cm³/mol. The van der Waals surface area contributed by atoms with Crippen molar-refractivity contribution in [3.8, 4) is 11.1 Å². The number of hydrogen-bond acceptors (Lipinski definition) is 3. The van der Waals surface area contributed by atoms with Crippen molar-refractivity contribution in [2.45, 2.75) is 32.0 Å². The molecule has 7 heteroatoms. The van der Waals surface area contributed by atoms with Gasteiger partial charge in [-0.25, -0.2) is 0 Å². The van der Waals surface area contributed by atoms with E-state index in [9.17, 15) is 23.1 Å². The summed E-state index contributed by atoms with van der Waals surface area (Å²) in [6.07, 6.45) is -5.95. The zero-order valence-electron chi connectivity index (χ0n) is 16.4. The van der Waals surface area contributed by atoms with E-state index in [1.54, 1.807) is 36.5 Å². The molecule has 2 atom stereocenters. The Bertz CT molecular complexity index is 1050. The SMILES string of the molecule is Cc1ccc([C@H](C)c2c(C(N)=O)cc(C(O)C(F)(F)F)cc2-c2ccccc2)cn1. The van der Waals surface area contributed by atoms with Gasteiger partial charge in [0.25, 0.3) is 0 Å². The number of halogens is 3. The minimum atomic E-state index is -4.88. The number of benzene rings is 2. The van der Waals surface area contributed by atoms with E-state index < -0.39 is 23.8 Å². The number of rotatable bonds is 5. The minimum absolute atomic E-state index is 0.0669. The second-order valence-corrected chi connectivity index (χ2v) is 7.16. The number of aliphatic hydroxyl groups is 1. The fourth-order valence-electron chi connectivity index (χ4n) is 3.45. The second kappa shape index (κ2) is 8.28. The quantitative estimate of drug-likeness (QED) is 0.623. The van der Waals surface area contributed by atoms with Crippen LogP contribution in [-0.2, 0) is 0 Å². The van der Waals surface area contributed by atoms with Crippen LogP contribution in [0.25, 0.3) is 11.1 Å². The molecule has 0 spiro atoms. The highest BCUT2D eigenvalue weighted by Crippen LogP contribution is 2.40. The second-order valence-electron chi connectivity index (χ2n) is 7.16. The average molecular weight is 414 g/mol. The summed E-state index contributed by atoms with van der Waals surface area (Å²) in [5, 5.41) is 9.82. The van der Waals surface area contributed by atoms with Crippen molar-refractivity contribution in [3.63, 3.8) is 0 Å². The lowest BCUT2D eigenvalue weighted by Crippen LogP contribution is -2.23. The number of nitrogens with zero attached hydrogens (tertiary/aromatic N) is 1. The Kier molecular flexibility index (Phi) is 5.94. The lowest BCUT2D eigenvalue weighted by Gasteiger charge is -2.23. The smallest absolute Gasteiger partial charge is 0.379 e. The van der Waals surface area contributed by atoms with E-state index in [2.05, 4.69) is 4.98 Å². The van der Waals surface area contributed by atoms with E-state index >= 15 is 0 Å². The molecule has 0 fully saturated rings. The number of aryl methyl sites for hydroxylation is 1. The van der Waals surface area contributed by atoms with Crippen molar-refractivity contribution >= 4 is 5.91 Å². The molecule has 0 aliphatic carbocycles. The van der Waals surface area contributed by atoms with Gasteiger partial charge in [-0.1, -0.05) is 43.3 Å². The monoisotopic (exact) mass is 414 g/mol. The van der Waals surface area contributed by atoms with Crippen LogP contribution < -0.4 is 5.73 Å². The first-order chi connectivity index (χ1) is 14.1. The van der Waals surface area contributed by atoms with Crippen molar-refractivity contribution in [2.24, 2.45) is 5.73 Å². The topological polar surface area (TPSA) is 76.2 Å². The van der Waals surface area contributed by atoms with Crippen molar-refractivity contribution in [1.82, 2.24) is 4.98 Å². The number of amides is 1. The molecule has 0 bridgehead atoms. The summed E-state index contributed by atoms with van der Waals surface area (Å²) < 4.78 is 39.6. The van der Waals surface area contributed by atoms with Crippen LogP contribution in [0.5, 0.6) is 0 Å². The molecule has 3 rings (SSSR count). The van der Waals surface area contributed by atoms with Gasteiger partial charge in [0.2, 0.25) is 5.91 Å². The van der Waals surface area contributed by atoms with Gasteiger partial charge >= 0.3 is 6.18 Å². The molecule has 156 valence electrons. The Morgan fingerprint density at radius 2 is 1.73 bits per heavy atom.